The second-order valence-corrected chi connectivity index (χ2v) is 6.03. The van der Waals surface area contributed by atoms with Crippen LogP contribution in [0, 0.1) is 0 Å². The smallest absolute Gasteiger partial charge is 0.229 e. The maximum atomic E-state index is 5.70. The molecule has 0 amide bonds. The van der Waals surface area contributed by atoms with Gasteiger partial charge in [-0.3, -0.25) is 0 Å². The number of nitrogen functional groups attached to an aromatic ring is 1. The van der Waals surface area contributed by atoms with E-state index in [1.54, 1.807) is 6.20 Å². The van der Waals surface area contributed by atoms with E-state index in [1.807, 2.05) is 60.7 Å². The first kappa shape index (κ1) is 16.8. The summed E-state index contributed by atoms with van der Waals surface area (Å²) in [6.45, 7) is 0. The topological polar surface area (TPSA) is 75.9 Å². The number of benzene rings is 3. The van der Waals surface area contributed by atoms with Crippen molar-refractivity contribution >= 4 is 17.5 Å². The Morgan fingerprint density at radius 3 is 1.93 bits per heavy atom. The number of anilines is 3. The van der Waals surface area contributed by atoms with Gasteiger partial charge < -0.3 is 10.7 Å². The van der Waals surface area contributed by atoms with E-state index in [2.05, 4.69) is 45.0 Å². The number of nitrogens with one attached hydrogen (secondary N) is 2. The summed E-state index contributed by atoms with van der Waals surface area (Å²) in [5, 5.41) is 3.17. The van der Waals surface area contributed by atoms with Gasteiger partial charge in [-0.1, -0.05) is 72.8 Å². The van der Waals surface area contributed by atoms with Crippen molar-refractivity contribution in [3.05, 3.63) is 91.1 Å². The first-order valence-corrected chi connectivity index (χ1v) is 8.65. The van der Waals surface area contributed by atoms with Crippen molar-refractivity contribution in [3.63, 3.8) is 0 Å². The van der Waals surface area contributed by atoms with E-state index in [9.17, 15) is 0 Å². The highest BCUT2D eigenvalue weighted by Gasteiger charge is 2.09. The van der Waals surface area contributed by atoms with Gasteiger partial charge in [0.2, 0.25) is 5.95 Å². The third kappa shape index (κ3) is 3.78. The Hall–Kier alpha value is -3.70. The molecule has 0 spiro atoms. The molecule has 1 aromatic heterocycles. The van der Waals surface area contributed by atoms with Crippen LogP contribution in [-0.4, -0.2) is 9.97 Å². The van der Waals surface area contributed by atoms with Crippen LogP contribution in [0.15, 0.2) is 91.1 Å². The van der Waals surface area contributed by atoms with Crippen molar-refractivity contribution in [1.82, 2.24) is 9.97 Å². The highest BCUT2D eigenvalue weighted by Crippen LogP contribution is 2.29. The first-order valence-electron chi connectivity index (χ1n) is 8.65. The van der Waals surface area contributed by atoms with Gasteiger partial charge in [0.1, 0.15) is 0 Å². The maximum Gasteiger partial charge on any atom is 0.229 e. The predicted octanol–water partition coefficient (Wildman–Crippen LogP) is 4.84. The van der Waals surface area contributed by atoms with E-state index < -0.39 is 0 Å². The molecule has 0 saturated heterocycles. The minimum Gasteiger partial charge on any atom is -0.324 e. The molecule has 3 aromatic carbocycles. The molecule has 27 heavy (non-hydrogen) atoms. The number of nitrogens with two attached hydrogens (primary N) is 1. The number of rotatable bonds is 5. The normalized spacial score (nSPS) is 10.4. The molecule has 0 unspecified atom stereocenters. The highest BCUT2D eigenvalue weighted by atomic mass is 15.3. The third-order valence-electron chi connectivity index (χ3n) is 4.26. The fourth-order valence-corrected chi connectivity index (χ4v) is 2.89. The van der Waals surface area contributed by atoms with Crippen LogP contribution in [0.3, 0.4) is 0 Å². The van der Waals surface area contributed by atoms with E-state index in [0.717, 1.165) is 22.4 Å². The third-order valence-corrected chi connectivity index (χ3v) is 4.26. The summed E-state index contributed by atoms with van der Waals surface area (Å²) < 4.78 is 0. The number of para-hydroxylation sites is 1. The Morgan fingerprint density at radius 2 is 1.26 bits per heavy atom. The van der Waals surface area contributed by atoms with Crippen LogP contribution in [0.1, 0.15) is 0 Å². The molecule has 5 heteroatoms. The molecular formula is C22H19N5. The summed E-state index contributed by atoms with van der Waals surface area (Å²) in [6, 6.07) is 28.3. The minimum absolute atomic E-state index is 0.485. The first-order chi connectivity index (χ1) is 13.3. The van der Waals surface area contributed by atoms with Gasteiger partial charge in [-0.05, 0) is 28.8 Å². The molecule has 0 fully saturated rings. The molecular weight excluding hydrogens is 334 g/mol. The van der Waals surface area contributed by atoms with Crippen LogP contribution in [0.25, 0.3) is 22.3 Å². The summed E-state index contributed by atoms with van der Waals surface area (Å²) in [5.74, 6) is 6.75. The van der Waals surface area contributed by atoms with Gasteiger partial charge in [0.25, 0.3) is 0 Å². The highest BCUT2D eigenvalue weighted by molar-refractivity contribution is 5.77. The maximum absolute atomic E-state index is 5.70. The van der Waals surface area contributed by atoms with E-state index in [-0.39, 0.29) is 0 Å². The quantitative estimate of drug-likeness (QED) is 0.353. The van der Waals surface area contributed by atoms with Crippen molar-refractivity contribution in [2.75, 3.05) is 10.7 Å². The predicted molar refractivity (Wildman–Crippen MR) is 110 cm³/mol. The average Bonchev–Trinajstić information content (AvgIpc) is 2.75. The Kier molecular flexibility index (Phi) is 4.76. The molecule has 0 radical (unpaired) electrons. The molecule has 0 aliphatic carbocycles. The van der Waals surface area contributed by atoms with E-state index in [4.69, 9.17) is 5.84 Å². The van der Waals surface area contributed by atoms with Crippen LogP contribution in [-0.2, 0) is 0 Å². The molecule has 4 rings (SSSR count). The lowest BCUT2D eigenvalue weighted by Gasteiger charge is -2.11. The SMILES string of the molecule is NNc1nc(Nc2ccccc2)ncc1-c1ccc(-c2ccccc2)cc1. The molecule has 0 atom stereocenters. The average molecular weight is 353 g/mol. The van der Waals surface area contributed by atoms with Crippen molar-refractivity contribution < 1.29 is 0 Å². The van der Waals surface area contributed by atoms with Gasteiger partial charge in [0, 0.05) is 17.4 Å². The lowest BCUT2D eigenvalue weighted by molar-refractivity contribution is 1.14. The van der Waals surface area contributed by atoms with Crippen molar-refractivity contribution in [2.24, 2.45) is 5.84 Å². The summed E-state index contributed by atoms with van der Waals surface area (Å²) >= 11 is 0. The Labute approximate surface area is 157 Å². The number of hydrogen-bond donors (Lipinski definition) is 3. The molecule has 4 aromatic rings. The monoisotopic (exact) mass is 353 g/mol. The Balaban J connectivity index is 1.61. The molecule has 1 heterocycles. The summed E-state index contributed by atoms with van der Waals surface area (Å²) in [4.78, 5) is 8.91. The molecule has 0 aliphatic heterocycles. The molecule has 132 valence electrons. The summed E-state index contributed by atoms with van der Waals surface area (Å²) in [6.07, 6.45) is 1.77. The number of aromatic nitrogens is 2. The number of nitrogens with zero attached hydrogens (tertiary/aromatic N) is 2. The van der Waals surface area contributed by atoms with Crippen molar-refractivity contribution in [3.8, 4) is 22.3 Å². The summed E-state index contributed by atoms with van der Waals surface area (Å²) in [5.41, 5.74) is 7.77. The van der Waals surface area contributed by atoms with E-state index >= 15 is 0 Å². The molecule has 5 nitrogen and oxygen atoms in total. The van der Waals surface area contributed by atoms with Gasteiger partial charge in [0.15, 0.2) is 5.82 Å². The van der Waals surface area contributed by atoms with Crippen molar-refractivity contribution in [1.29, 1.82) is 0 Å². The van der Waals surface area contributed by atoms with E-state index in [1.165, 1.54) is 5.56 Å². The van der Waals surface area contributed by atoms with E-state index in [0.29, 0.717) is 11.8 Å². The molecule has 0 aliphatic rings. The van der Waals surface area contributed by atoms with Gasteiger partial charge in [-0.25, -0.2) is 10.8 Å². The van der Waals surface area contributed by atoms with Crippen molar-refractivity contribution in [2.45, 2.75) is 0 Å². The second-order valence-electron chi connectivity index (χ2n) is 6.03. The zero-order valence-electron chi connectivity index (χ0n) is 14.6. The zero-order chi connectivity index (χ0) is 18.5. The van der Waals surface area contributed by atoms with Gasteiger partial charge >= 0.3 is 0 Å². The minimum atomic E-state index is 0.485. The lowest BCUT2D eigenvalue weighted by atomic mass is 10.0. The molecule has 4 N–H and O–H groups in total. The van der Waals surface area contributed by atoms with Gasteiger partial charge in [-0.15, -0.1) is 0 Å². The Morgan fingerprint density at radius 1 is 0.667 bits per heavy atom. The van der Waals surface area contributed by atoms with Gasteiger partial charge in [-0.2, -0.15) is 4.98 Å². The molecule has 0 bridgehead atoms. The van der Waals surface area contributed by atoms with Crippen LogP contribution in [0.4, 0.5) is 17.5 Å². The number of hydrogen-bond acceptors (Lipinski definition) is 5. The van der Waals surface area contributed by atoms with Crippen LogP contribution >= 0.6 is 0 Å². The summed E-state index contributed by atoms with van der Waals surface area (Å²) in [7, 11) is 0. The fourth-order valence-electron chi connectivity index (χ4n) is 2.89. The molecule has 0 saturated carbocycles. The number of hydrazine groups is 1. The van der Waals surface area contributed by atoms with Gasteiger partial charge in [0.05, 0.1) is 0 Å². The Bertz CT molecular complexity index is 1020. The van der Waals surface area contributed by atoms with Crippen LogP contribution in [0.2, 0.25) is 0 Å². The zero-order valence-corrected chi connectivity index (χ0v) is 14.6. The van der Waals surface area contributed by atoms with Crippen LogP contribution < -0.4 is 16.6 Å². The fraction of sp³-hybridized carbons (Fsp3) is 0. The lowest BCUT2D eigenvalue weighted by Crippen LogP contribution is -2.11. The van der Waals surface area contributed by atoms with Crippen LogP contribution in [0.5, 0.6) is 0 Å². The standard InChI is InChI=1S/C22H19N5/c23-27-21-20(15-24-22(26-21)25-19-9-5-2-6-10-19)18-13-11-17(12-14-18)16-7-3-1-4-8-16/h1-15H,23H2,(H2,24,25,26,27). The largest absolute Gasteiger partial charge is 0.324 e. The second kappa shape index (κ2) is 7.68.